The maximum atomic E-state index is 9.25. The molecule has 0 spiro atoms. The minimum atomic E-state index is -0.932. The Morgan fingerprint density at radius 3 is 1.45 bits per heavy atom. The molecule has 0 aliphatic carbocycles. The van der Waals surface area contributed by atoms with Gasteiger partial charge in [-0.3, -0.25) is 0 Å². The zero-order chi connectivity index (χ0) is 9.02. The van der Waals surface area contributed by atoms with Crippen molar-refractivity contribution in [3.05, 3.63) is 0 Å². The number of rotatable bonds is 4. The number of hydrogen-bond acceptors (Lipinski definition) is 2. The van der Waals surface area contributed by atoms with Crippen molar-refractivity contribution in [2.24, 2.45) is 0 Å². The highest BCUT2D eigenvalue weighted by Crippen LogP contribution is 2.05. The zero-order valence-corrected chi connectivity index (χ0v) is 10.2. The van der Waals surface area contributed by atoms with Crippen molar-refractivity contribution >= 4 is 17.6 Å². The van der Waals surface area contributed by atoms with Gasteiger partial charge >= 0.3 is 0 Å². The maximum Gasteiger partial charge on any atom is 0.0652 e. The Balaban J connectivity index is 3.66. The largest absolute Gasteiger partial charge is 0.397 e. The van der Waals surface area contributed by atoms with E-state index in [0.717, 1.165) is 5.67 Å². The molecule has 0 aromatic carbocycles. The van der Waals surface area contributed by atoms with Gasteiger partial charge in [0.05, 0.1) is 17.6 Å². The number of hydrogen-bond donors (Lipinski definition) is 2. The van der Waals surface area contributed by atoms with E-state index in [-0.39, 0.29) is 11.5 Å². The molecule has 0 fully saturated rings. The molecule has 2 N–H and O–H groups in total. The molecule has 2 nitrogen and oxygen atoms in total. The summed E-state index contributed by atoms with van der Waals surface area (Å²) in [6.45, 7) is 8.10. The fourth-order valence-corrected chi connectivity index (χ4v) is 8.82. The van der Waals surface area contributed by atoms with Crippen molar-refractivity contribution in [1.29, 1.82) is 0 Å². The maximum absolute atomic E-state index is 9.25. The Bertz CT molecular complexity index is 94.6. The quantitative estimate of drug-likeness (QED) is 0.619. The van der Waals surface area contributed by atoms with Crippen LogP contribution in [0.4, 0.5) is 0 Å². The normalized spacial score (nSPS) is 22.4. The Kier molecular flexibility index (Phi) is 5.24. The summed E-state index contributed by atoms with van der Waals surface area (Å²) in [5.74, 6) is 0. The van der Waals surface area contributed by atoms with Crippen LogP contribution in [0.5, 0.6) is 0 Å². The van der Waals surface area contributed by atoms with Gasteiger partial charge < -0.3 is 10.2 Å². The van der Waals surface area contributed by atoms with Crippen LogP contribution in [0.3, 0.4) is 0 Å². The fourth-order valence-electron chi connectivity index (χ4n) is 0.980. The van der Waals surface area contributed by atoms with E-state index in [1.54, 1.807) is 0 Å². The molecule has 0 aromatic heterocycles. The van der Waals surface area contributed by atoms with Gasteiger partial charge in [-0.2, -0.15) is 0 Å². The lowest BCUT2D eigenvalue weighted by Crippen LogP contribution is -2.35. The third kappa shape index (κ3) is 4.73. The van der Waals surface area contributed by atoms with Gasteiger partial charge in [0.2, 0.25) is 0 Å². The first-order chi connectivity index (χ1) is 4.95. The van der Waals surface area contributed by atoms with Gasteiger partial charge in [0, 0.05) is 11.5 Å². The summed E-state index contributed by atoms with van der Waals surface area (Å²) in [6, 6.07) is 0. The Labute approximate surface area is 72.5 Å². The number of aliphatic hydroxyl groups excluding tert-OH is 2. The fraction of sp³-hybridized carbons (Fsp3) is 1.00. The number of aliphatic hydroxyl groups is 2. The van der Waals surface area contributed by atoms with Crippen molar-refractivity contribution in [2.75, 3.05) is 0 Å². The Morgan fingerprint density at radius 1 is 1.00 bits per heavy atom. The first kappa shape index (κ1) is 11.4. The summed E-state index contributed by atoms with van der Waals surface area (Å²) in [6.07, 6.45) is 0. The Morgan fingerprint density at radius 2 is 1.27 bits per heavy atom. The lowest BCUT2D eigenvalue weighted by molar-refractivity contribution is 0.265. The SMILES string of the molecule is CC(O)[SiH](C)C[SiH](C)C(C)O. The predicted molar refractivity (Wildman–Crippen MR) is 54.2 cm³/mol. The molecule has 0 bridgehead atoms. The van der Waals surface area contributed by atoms with E-state index in [1.807, 2.05) is 13.8 Å². The molecular weight excluding hydrogens is 172 g/mol. The van der Waals surface area contributed by atoms with E-state index in [1.165, 1.54) is 0 Å². The molecule has 11 heavy (non-hydrogen) atoms. The topological polar surface area (TPSA) is 40.5 Å². The Hall–Kier alpha value is 0.354. The minimum absolute atomic E-state index is 0.0938. The van der Waals surface area contributed by atoms with E-state index in [4.69, 9.17) is 0 Å². The van der Waals surface area contributed by atoms with Crippen molar-refractivity contribution in [2.45, 2.75) is 44.1 Å². The summed E-state index contributed by atoms with van der Waals surface area (Å²) in [5, 5.41) is 18.5. The van der Waals surface area contributed by atoms with Crippen LogP contribution in [0.1, 0.15) is 13.8 Å². The molecule has 0 heterocycles. The lowest BCUT2D eigenvalue weighted by atomic mass is 10.9. The van der Waals surface area contributed by atoms with Crippen LogP contribution in [0.15, 0.2) is 0 Å². The molecular formula is C7H20O2Si2. The molecule has 4 atom stereocenters. The smallest absolute Gasteiger partial charge is 0.0652 e. The van der Waals surface area contributed by atoms with Gasteiger partial charge in [0.25, 0.3) is 0 Å². The van der Waals surface area contributed by atoms with Gasteiger partial charge in [-0.25, -0.2) is 0 Å². The van der Waals surface area contributed by atoms with Crippen molar-refractivity contribution in [1.82, 2.24) is 0 Å². The molecule has 0 rings (SSSR count). The second kappa shape index (κ2) is 5.08. The molecule has 0 aliphatic rings. The van der Waals surface area contributed by atoms with Gasteiger partial charge in [0.1, 0.15) is 0 Å². The molecule has 0 radical (unpaired) electrons. The van der Waals surface area contributed by atoms with Crippen molar-refractivity contribution in [3.63, 3.8) is 0 Å². The van der Waals surface area contributed by atoms with Crippen molar-refractivity contribution in [3.8, 4) is 0 Å². The third-order valence-electron chi connectivity index (χ3n) is 2.39. The zero-order valence-electron chi connectivity index (χ0n) is 7.91. The monoisotopic (exact) mass is 192 g/mol. The molecule has 0 amide bonds. The van der Waals surface area contributed by atoms with Crippen LogP contribution in [0, 0.1) is 0 Å². The van der Waals surface area contributed by atoms with Crippen LogP contribution in [0.25, 0.3) is 0 Å². The standard InChI is InChI=1S/C7H20O2Si2/c1-6(8)10(3)5-11(4)7(2)9/h6-11H,5H2,1-4H3. The summed E-state index contributed by atoms with van der Waals surface area (Å²) >= 11 is 0. The van der Waals surface area contributed by atoms with Crippen molar-refractivity contribution < 1.29 is 10.2 Å². The van der Waals surface area contributed by atoms with Crippen LogP contribution < -0.4 is 0 Å². The molecule has 4 unspecified atom stereocenters. The summed E-state index contributed by atoms with van der Waals surface area (Å²) in [7, 11) is -1.86. The van der Waals surface area contributed by atoms with E-state index in [9.17, 15) is 10.2 Å². The molecule has 0 aromatic rings. The minimum Gasteiger partial charge on any atom is -0.397 e. The van der Waals surface area contributed by atoms with E-state index >= 15 is 0 Å². The lowest BCUT2D eigenvalue weighted by Gasteiger charge is -2.18. The summed E-state index contributed by atoms with van der Waals surface area (Å²) < 4.78 is 0. The molecule has 0 saturated heterocycles. The predicted octanol–water partition coefficient (Wildman–Crippen LogP) is 0.0794. The average Bonchev–Trinajstić information content (AvgIpc) is 1.87. The van der Waals surface area contributed by atoms with E-state index < -0.39 is 17.6 Å². The third-order valence-corrected chi connectivity index (χ3v) is 11.6. The van der Waals surface area contributed by atoms with Gasteiger partial charge in [0.15, 0.2) is 0 Å². The summed E-state index contributed by atoms with van der Waals surface area (Å²) in [4.78, 5) is 0. The molecule has 68 valence electrons. The highest BCUT2D eigenvalue weighted by molar-refractivity contribution is 6.77. The molecule has 4 heteroatoms. The van der Waals surface area contributed by atoms with Crippen LogP contribution in [-0.2, 0) is 0 Å². The van der Waals surface area contributed by atoms with Gasteiger partial charge in [-0.1, -0.05) is 18.8 Å². The van der Waals surface area contributed by atoms with Crippen LogP contribution in [0.2, 0.25) is 18.8 Å². The first-order valence-electron chi connectivity index (χ1n) is 4.31. The second-order valence-electron chi connectivity index (χ2n) is 3.67. The average molecular weight is 192 g/mol. The highest BCUT2D eigenvalue weighted by Gasteiger charge is 2.18. The second-order valence-corrected chi connectivity index (χ2v) is 11.4. The molecule has 0 saturated carbocycles. The van der Waals surface area contributed by atoms with Gasteiger partial charge in [-0.15, -0.1) is 0 Å². The van der Waals surface area contributed by atoms with E-state index in [0.29, 0.717) is 0 Å². The van der Waals surface area contributed by atoms with Crippen LogP contribution in [-0.4, -0.2) is 39.3 Å². The van der Waals surface area contributed by atoms with Gasteiger partial charge in [-0.05, 0) is 13.8 Å². The molecule has 0 aliphatic heterocycles. The highest BCUT2D eigenvalue weighted by atomic mass is 28.3. The van der Waals surface area contributed by atoms with Crippen LogP contribution >= 0.6 is 0 Å². The first-order valence-corrected chi connectivity index (χ1v) is 9.58. The summed E-state index contributed by atoms with van der Waals surface area (Å²) in [5.41, 5.74) is 0.974. The van der Waals surface area contributed by atoms with E-state index in [2.05, 4.69) is 13.1 Å².